The van der Waals surface area contributed by atoms with E-state index in [1.807, 2.05) is 6.92 Å². The van der Waals surface area contributed by atoms with Gasteiger partial charge < -0.3 is 10.2 Å². The van der Waals surface area contributed by atoms with Gasteiger partial charge in [0.1, 0.15) is 0 Å². The minimum atomic E-state index is -0.283. The molecule has 2 aromatic heterocycles. The smallest absolute Gasteiger partial charge is 0.264 e. The van der Waals surface area contributed by atoms with E-state index in [0.29, 0.717) is 23.6 Å². The number of hydrogen-bond donors (Lipinski definition) is 2. The Balaban J connectivity index is 1.17. The second-order valence-electron chi connectivity index (χ2n) is 7.96. The fraction of sp³-hybridized carbons (Fsp3) is 0.391. The minimum absolute atomic E-state index is 0.144. The van der Waals surface area contributed by atoms with Crippen LogP contribution in [0.25, 0.3) is 5.82 Å². The van der Waals surface area contributed by atoms with Gasteiger partial charge in [-0.1, -0.05) is 18.2 Å². The molecule has 0 aliphatic carbocycles. The van der Waals surface area contributed by atoms with Crippen LogP contribution < -0.4 is 15.8 Å². The molecule has 0 bridgehead atoms. The summed E-state index contributed by atoms with van der Waals surface area (Å²) in [7, 11) is 0. The van der Waals surface area contributed by atoms with Crippen LogP contribution in [0.3, 0.4) is 0 Å². The van der Waals surface area contributed by atoms with Gasteiger partial charge >= 0.3 is 0 Å². The van der Waals surface area contributed by atoms with Gasteiger partial charge in [0.25, 0.3) is 11.5 Å². The van der Waals surface area contributed by atoms with Crippen molar-refractivity contribution < 1.29 is 4.79 Å². The van der Waals surface area contributed by atoms with E-state index in [1.54, 1.807) is 10.7 Å². The Bertz CT molecular complexity index is 1060. The van der Waals surface area contributed by atoms with Crippen LogP contribution in [0.15, 0.2) is 53.5 Å². The maximum Gasteiger partial charge on any atom is 0.264 e. The van der Waals surface area contributed by atoms with Crippen molar-refractivity contribution in [2.75, 3.05) is 44.2 Å². The molecule has 9 nitrogen and oxygen atoms in total. The summed E-state index contributed by atoms with van der Waals surface area (Å²) in [6.45, 7) is 7.72. The van der Waals surface area contributed by atoms with Crippen LogP contribution in [-0.4, -0.2) is 70.1 Å². The molecule has 1 aliphatic heterocycles. The fourth-order valence-electron chi connectivity index (χ4n) is 3.94. The van der Waals surface area contributed by atoms with Gasteiger partial charge in [-0.2, -0.15) is 10.2 Å². The molecule has 1 aromatic carbocycles. The lowest BCUT2D eigenvalue weighted by molar-refractivity contribution is 0.0952. The number of carbonyl (C=O) groups excluding carboxylic acids is 1. The summed E-state index contributed by atoms with van der Waals surface area (Å²) in [5, 5.41) is 13.5. The van der Waals surface area contributed by atoms with Crippen LogP contribution in [-0.2, 0) is 0 Å². The summed E-state index contributed by atoms with van der Waals surface area (Å²) in [5.41, 5.74) is 2.20. The van der Waals surface area contributed by atoms with Crippen molar-refractivity contribution in [2.24, 2.45) is 0 Å². The monoisotopic (exact) mass is 435 g/mol. The van der Waals surface area contributed by atoms with Crippen molar-refractivity contribution in [3.63, 3.8) is 0 Å². The first-order valence-electron chi connectivity index (χ1n) is 11.0. The minimum Gasteiger partial charge on any atom is -0.369 e. The Morgan fingerprint density at radius 1 is 1.06 bits per heavy atom. The van der Waals surface area contributed by atoms with E-state index >= 15 is 0 Å². The zero-order chi connectivity index (χ0) is 22.3. The molecule has 0 radical (unpaired) electrons. The molecule has 1 aliphatic rings. The molecule has 1 saturated heterocycles. The number of benzene rings is 1. The number of hydrogen-bond acceptors (Lipinski definition) is 6. The van der Waals surface area contributed by atoms with Crippen LogP contribution in [0.2, 0.25) is 0 Å². The number of carbonyl (C=O) groups is 1. The molecule has 1 fully saturated rings. The molecule has 4 rings (SSSR count). The maximum absolute atomic E-state index is 12.5. The van der Waals surface area contributed by atoms with Crippen molar-refractivity contribution in [3.8, 4) is 5.82 Å². The van der Waals surface area contributed by atoms with Crippen molar-refractivity contribution in [3.05, 3.63) is 70.3 Å². The number of nitrogens with zero attached hydrogens (tertiary/aromatic N) is 5. The highest BCUT2D eigenvalue weighted by molar-refractivity contribution is 5.95. The lowest BCUT2D eigenvalue weighted by Gasteiger charge is -2.36. The fourth-order valence-corrected chi connectivity index (χ4v) is 3.94. The summed E-state index contributed by atoms with van der Waals surface area (Å²) in [6.07, 6.45) is 3.51. The van der Waals surface area contributed by atoms with Crippen LogP contribution >= 0.6 is 0 Å². The summed E-state index contributed by atoms with van der Waals surface area (Å²) in [4.78, 5) is 28.6. The van der Waals surface area contributed by atoms with Crippen molar-refractivity contribution in [2.45, 2.75) is 19.8 Å². The first kappa shape index (κ1) is 21.8. The van der Waals surface area contributed by atoms with Crippen LogP contribution in [0, 0.1) is 6.92 Å². The average Bonchev–Trinajstić information content (AvgIpc) is 3.21. The van der Waals surface area contributed by atoms with Gasteiger partial charge in [0, 0.05) is 44.5 Å². The number of piperazine rings is 1. The predicted octanol–water partition coefficient (Wildman–Crippen LogP) is 1.60. The number of anilines is 1. The Hall–Kier alpha value is -3.46. The van der Waals surface area contributed by atoms with Gasteiger partial charge in [0.15, 0.2) is 5.82 Å². The first-order chi connectivity index (χ1) is 15.6. The number of nitrogens with one attached hydrogen (secondary N) is 2. The third kappa shape index (κ3) is 5.23. The van der Waals surface area contributed by atoms with E-state index < -0.39 is 0 Å². The Morgan fingerprint density at radius 2 is 1.84 bits per heavy atom. The normalized spacial score (nSPS) is 14.5. The van der Waals surface area contributed by atoms with Gasteiger partial charge in [-0.3, -0.25) is 14.5 Å². The van der Waals surface area contributed by atoms with Crippen molar-refractivity contribution in [1.82, 2.24) is 30.2 Å². The SMILES string of the molecule is Cc1c(C(=O)NCCCCN2CCN(c3ccccc3)CC2)cnn1-c1ccc(=O)[nH]n1. The third-order valence-electron chi connectivity index (χ3n) is 5.82. The summed E-state index contributed by atoms with van der Waals surface area (Å²) >= 11 is 0. The molecule has 9 heteroatoms. The lowest BCUT2D eigenvalue weighted by atomic mass is 10.2. The number of amides is 1. The van der Waals surface area contributed by atoms with Crippen LogP contribution in [0.5, 0.6) is 0 Å². The van der Waals surface area contributed by atoms with Gasteiger partial charge in [0.2, 0.25) is 0 Å². The topological polar surface area (TPSA) is 99.1 Å². The third-order valence-corrected chi connectivity index (χ3v) is 5.82. The number of aromatic nitrogens is 4. The zero-order valence-corrected chi connectivity index (χ0v) is 18.3. The molecule has 3 heterocycles. The average molecular weight is 436 g/mol. The molecule has 32 heavy (non-hydrogen) atoms. The van der Waals surface area contributed by atoms with Crippen LogP contribution in [0.4, 0.5) is 5.69 Å². The molecule has 0 unspecified atom stereocenters. The highest BCUT2D eigenvalue weighted by atomic mass is 16.1. The largest absolute Gasteiger partial charge is 0.369 e. The van der Waals surface area contributed by atoms with E-state index in [9.17, 15) is 9.59 Å². The van der Waals surface area contributed by atoms with Crippen molar-refractivity contribution in [1.29, 1.82) is 0 Å². The molecule has 0 saturated carbocycles. The molecule has 0 atom stereocenters. The summed E-state index contributed by atoms with van der Waals surface area (Å²) in [5.74, 6) is 0.322. The van der Waals surface area contributed by atoms with Gasteiger partial charge in [-0.25, -0.2) is 9.78 Å². The van der Waals surface area contributed by atoms with Crippen LogP contribution in [0.1, 0.15) is 28.9 Å². The number of aromatic amines is 1. The van der Waals surface area contributed by atoms with Gasteiger partial charge in [0.05, 0.1) is 17.5 Å². The Kier molecular flexibility index (Phi) is 6.96. The number of unbranched alkanes of at least 4 members (excludes halogenated alkanes) is 1. The van der Waals surface area contributed by atoms with E-state index in [4.69, 9.17) is 0 Å². The number of H-pyrrole nitrogens is 1. The predicted molar refractivity (Wildman–Crippen MR) is 123 cm³/mol. The second-order valence-corrected chi connectivity index (χ2v) is 7.96. The summed E-state index contributed by atoms with van der Waals surface area (Å²) < 4.78 is 1.54. The standard InChI is InChI=1S/C23H29N7O2/c1-18-20(17-25-30(18)21-9-10-22(31)27-26-21)23(32)24-11-5-6-12-28-13-15-29(16-14-28)19-7-3-2-4-8-19/h2-4,7-10,17H,5-6,11-16H2,1H3,(H,24,32)(H,27,31). The second kappa shape index (κ2) is 10.2. The Morgan fingerprint density at radius 3 is 2.56 bits per heavy atom. The van der Waals surface area contributed by atoms with E-state index in [1.165, 1.54) is 18.0 Å². The first-order valence-corrected chi connectivity index (χ1v) is 11.0. The highest BCUT2D eigenvalue weighted by Crippen LogP contribution is 2.16. The molecule has 0 spiro atoms. The van der Waals surface area contributed by atoms with E-state index in [-0.39, 0.29) is 11.5 Å². The molecule has 2 N–H and O–H groups in total. The van der Waals surface area contributed by atoms with E-state index in [2.05, 4.69) is 60.7 Å². The Labute approximate surface area is 187 Å². The highest BCUT2D eigenvalue weighted by Gasteiger charge is 2.17. The lowest BCUT2D eigenvalue weighted by Crippen LogP contribution is -2.46. The van der Waals surface area contributed by atoms with Gasteiger partial charge in [-0.15, -0.1) is 0 Å². The molecule has 168 valence electrons. The molecule has 3 aromatic rings. The number of rotatable bonds is 8. The van der Waals surface area contributed by atoms with Gasteiger partial charge in [-0.05, 0) is 44.5 Å². The molecular formula is C23H29N7O2. The maximum atomic E-state index is 12.5. The molecular weight excluding hydrogens is 406 g/mol. The molecule has 1 amide bonds. The van der Waals surface area contributed by atoms with E-state index in [0.717, 1.165) is 45.6 Å². The number of para-hydroxylation sites is 1. The van der Waals surface area contributed by atoms with Crippen molar-refractivity contribution >= 4 is 11.6 Å². The quantitative estimate of drug-likeness (QED) is 0.522. The summed E-state index contributed by atoms with van der Waals surface area (Å²) in [6, 6.07) is 13.5. The zero-order valence-electron chi connectivity index (χ0n) is 18.3.